The van der Waals surface area contributed by atoms with Gasteiger partial charge in [-0.2, -0.15) is 5.26 Å². The molecule has 276 valence electrons. The Balaban J connectivity index is 0. The van der Waals surface area contributed by atoms with Gasteiger partial charge in [-0.15, -0.1) is 0 Å². The van der Waals surface area contributed by atoms with Crippen molar-refractivity contribution in [1.82, 2.24) is 26.4 Å². The molecule has 49 heavy (non-hydrogen) atoms. The van der Waals surface area contributed by atoms with Crippen molar-refractivity contribution in [3.05, 3.63) is 65.3 Å². The smallest absolute Gasteiger partial charge is 0.262 e. The van der Waals surface area contributed by atoms with Crippen LogP contribution >= 0.6 is 33.9 Å². The van der Waals surface area contributed by atoms with Crippen molar-refractivity contribution in [2.75, 3.05) is 31.1 Å². The zero-order valence-electron chi connectivity index (χ0n) is 26.7. The van der Waals surface area contributed by atoms with Gasteiger partial charge in [-0.05, 0) is 81.6 Å². The average Bonchev–Trinajstić information content (AvgIpc) is 3.03. The summed E-state index contributed by atoms with van der Waals surface area (Å²) in [6.07, 6.45) is 11.3. The molecule has 2 saturated heterocycles. The topological polar surface area (TPSA) is 299 Å². The Hall–Kier alpha value is -2.74. The van der Waals surface area contributed by atoms with E-state index >= 15 is 0 Å². The third-order valence-electron chi connectivity index (χ3n) is 5.95. The Kier molecular flexibility index (Phi) is 24.1. The Labute approximate surface area is 302 Å². The summed E-state index contributed by atoms with van der Waals surface area (Å²) >= 11 is 10.8. The largest absolute Gasteiger partial charge is 0.412 e. The number of halogens is 3. The molecule has 2 aliphatic rings. The number of primary sulfonamides is 2. The van der Waals surface area contributed by atoms with Crippen LogP contribution < -0.4 is 26.6 Å². The van der Waals surface area contributed by atoms with Gasteiger partial charge in [0, 0.05) is 49.3 Å². The second-order valence-corrected chi connectivity index (χ2v) is 16.1. The van der Waals surface area contributed by atoms with Crippen LogP contribution in [0.25, 0.3) is 0 Å². The normalized spacial score (nSPS) is 13.9. The monoisotopic (exact) mass is 805 g/mol. The fourth-order valence-electron chi connectivity index (χ4n) is 3.69. The molecule has 0 spiro atoms. The van der Waals surface area contributed by atoms with E-state index in [0.29, 0.717) is 0 Å². The summed E-state index contributed by atoms with van der Waals surface area (Å²) in [5, 5.41) is 20.9. The molecule has 5 heterocycles. The van der Waals surface area contributed by atoms with Crippen LogP contribution in [0.5, 0.6) is 0 Å². The number of sulfonamides is 2. The molecule has 0 bridgehead atoms. The summed E-state index contributed by atoms with van der Waals surface area (Å²) in [5.74, 6) is 0.826. The summed E-state index contributed by atoms with van der Waals surface area (Å²) in [6, 6.07) is 10.3. The minimum Gasteiger partial charge on any atom is -0.412 e. The second-order valence-electron chi connectivity index (χ2n) is 9.60. The molecule has 10 N–H and O–H groups in total. The number of nitrogens with zero attached hydrogens (tertiary/aromatic N) is 5. The molecule has 5 rings (SSSR count). The maximum Gasteiger partial charge on any atom is 0.262 e. The van der Waals surface area contributed by atoms with E-state index < -0.39 is 29.1 Å². The van der Waals surface area contributed by atoms with Gasteiger partial charge in [0.15, 0.2) is 0 Å². The fraction of sp³-hybridized carbons (Fsp3) is 0.407. The predicted molar refractivity (Wildman–Crippen MR) is 191 cm³/mol. The van der Waals surface area contributed by atoms with Crippen molar-refractivity contribution in [2.24, 2.45) is 10.3 Å². The summed E-state index contributed by atoms with van der Waals surface area (Å²) in [6.45, 7) is 5.91. The number of aromatic nitrogens is 3. The van der Waals surface area contributed by atoms with E-state index in [1.807, 2.05) is 0 Å². The molecule has 0 radical (unpaired) electrons. The van der Waals surface area contributed by atoms with Gasteiger partial charge in [-0.25, -0.2) is 50.5 Å². The Morgan fingerprint density at radius 3 is 1.39 bits per heavy atom. The van der Waals surface area contributed by atoms with E-state index in [1.54, 1.807) is 12.1 Å². The molecule has 0 aliphatic carbocycles. The van der Waals surface area contributed by atoms with Crippen LogP contribution in [-0.2, 0) is 29.1 Å². The van der Waals surface area contributed by atoms with Gasteiger partial charge in [0.2, 0.25) is 20.0 Å². The predicted octanol–water partition coefficient (Wildman–Crippen LogP) is 3.39. The highest BCUT2D eigenvalue weighted by atomic mass is 35.7. The first kappa shape index (κ1) is 48.4. The van der Waals surface area contributed by atoms with Crippen LogP contribution in [0.4, 0.5) is 5.82 Å². The summed E-state index contributed by atoms with van der Waals surface area (Å²) in [7, 11) is -5.94. The lowest BCUT2D eigenvalue weighted by molar-refractivity contribution is 0.520. The molecule has 3 aromatic rings. The number of pyridine rings is 3. The standard InChI is InChI=1S/C10H15N3O2S.C5H3Cl2NO2S.C5H5ClN2O2S.C5H11N.C2H3N.H3N.H2O/c11-16(14,15)9-4-5-10(12-8-9)13-6-2-1-3-7-13;2*6-5-2-1-4(3-8-5)11(7,9)10;1-2-4-6-5-3-1;1-2-3;;/h4-5,8H,1-3,6-7H2,(H2,11,14,15);1-3H;1-3H,(H2,7,9,10);6H,1-5H2;1H3;1H3;1H2. The van der Waals surface area contributed by atoms with Crippen molar-refractivity contribution in [1.29, 1.82) is 5.26 Å². The van der Waals surface area contributed by atoms with Gasteiger partial charge in [-0.1, -0.05) is 29.6 Å². The number of nitriles is 1. The number of hydrogen-bond acceptors (Lipinski definition) is 13. The van der Waals surface area contributed by atoms with E-state index in [0.717, 1.165) is 31.3 Å². The van der Waals surface area contributed by atoms with Gasteiger partial charge in [0.25, 0.3) is 9.05 Å². The molecule has 0 aromatic carbocycles. The fourth-order valence-corrected chi connectivity index (χ4v) is 5.51. The lowest BCUT2D eigenvalue weighted by Crippen LogP contribution is -2.30. The maximum absolute atomic E-state index is 11.0. The van der Waals surface area contributed by atoms with Crippen LogP contribution in [-0.4, -0.2) is 71.9 Å². The Bertz CT molecular complexity index is 1640. The molecule has 3 aromatic heterocycles. The molecule has 2 fully saturated rings. The van der Waals surface area contributed by atoms with Crippen molar-refractivity contribution in [2.45, 2.75) is 60.1 Å². The van der Waals surface area contributed by atoms with Gasteiger partial charge in [0.05, 0.1) is 6.07 Å². The highest BCUT2D eigenvalue weighted by Crippen LogP contribution is 2.18. The first-order chi connectivity index (χ1) is 22.0. The van der Waals surface area contributed by atoms with Crippen LogP contribution in [0.2, 0.25) is 10.3 Å². The van der Waals surface area contributed by atoms with E-state index in [2.05, 4.69) is 25.2 Å². The van der Waals surface area contributed by atoms with Crippen molar-refractivity contribution >= 4 is 68.8 Å². The molecule has 0 amide bonds. The van der Waals surface area contributed by atoms with E-state index in [9.17, 15) is 25.3 Å². The molecule has 0 atom stereocenters. The molecule has 16 nitrogen and oxygen atoms in total. The lowest BCUT2D eigenvalue weighted by Gasteiger charge is -2.27. The second kappa shape index (κ2) is 24.4. The van der Waals surface area contributed by atoms with Crippen LogP contribution in [0.1, 0.15) is 45.4 Å². The molecule has 2 aliphatic heterocycles. The van der Waals surface area contributed by atoms with Crippen LogP contribution in [0, 0.1) is 11.3 Å². The maximum atomic E-state index is 11.0. The molecular formula is C27H42Cl3N9O7S3. The van der Waals surface area contributed by atoms with Gasteiger partial charge >= 0.3 is 0 Å². The molecule has 0 unspecified atom stereocenters. The third-order valence-corrected chi connectivity index (χ3v) is 9.53. The first-order valence-electron chi connectivity index (χ1n) is 13.9. The van der Waals surface area contributed by atoms with Crippen molar-refractivity contribution < 1.29 is 30.7 Å². The zero-order valence-corrected chi connectivity index (χ0v) is 31.4. The zero-order chi connectivity index (χ0) is 35.5. The highest BCUT2D eigenvalue weighted by Gasteiger charge is 2.14. The summed E-state index contributed by atoms with van der Waals surface area (Å²) < 4.78 is 64.6. The number of nitrogens with two attached hydrogens (primary N) is 2. The molecule has 0 saturated carbocycles. The average molecular weight is 807 g/mol. The minimum absolute atomic E-state index is 0. The third kappa shape index (κ3) is 21.2. The van der Waals surface area contributed by atoms with E-state index in [4.69, 9.17) is 49.4 Å². The van der Waals surface area contributed by atoms with E-state index in [1.165, 1.54) is 95.1 Å². The SMILES string of the molecule is C1CCNCC1.CC#N.N.NS(=O)(=O)c1ccc(Cl)nc1.NS(=O)(=O)c1ccc(N2CCCCC2)nc1.O.O=S(=O)(Cl)c1ccc(Cl)nc1. The Morgan fingerprint density at radius 2 is 1.10 bits per heavy atom. The van der Waals surface area contributed by atoms with Crippen LogP contribution in [0.15, 0.2) is 69.7 Å². The van der Waals surface area contributed by atoms with Crippen molar-refractivity contribution in [3.8, 4) is 6.07 Å². The summed E-state index contributed by atoms with van der Waals surface area (Å²) in [4.78, 5) is 13.4. The molecule has 22 heteroatoms. The number of piperidine rings is 2. The molecular weight excluding hydrogens is 765 g/mol. The van der Waals surface area contributed by atoms with Gasteiger partial charge in [0.1, 0.15) is 30.8 Å². The van der Waals surface area contributed by atoms with E-state index in [-0.39, 0.29) is 36.6 Å². The first-order valence-corrected chi connectivity index (χ1v) is 20.1. The number of anilines is 1. The highest BCUT2D eigenvalue weighted by molar-refractivity contribution is 8.13. The van der Waals surface area contributed by atoms with Crippen molar-refractivity contribution in [3.63, 3.8) is 0 Å². The number of rotatable bonds is 4. The number of nitrogens with one attached hydrogen (secondary N) is 1. The van der Waals surface area contributed by atoms with Gasteiger partial charge in [-0.3, -0.25) is 0 Å². The lowest BCUT2D eigenvalue weighted by atomic mass is 10.1. The Morgan fingerprint density at radius 1 is 0.714 bits per heavy atom. The van der Waals surface area contributed by atoms with Gasteiger partial charge < -0.3 is 21.8 Å². The summed E-state index contributed by atoms with van der Waals surface area (Å²) in [5.41, 5.74) is 0. The number of hydrogen-bond donors (Lipinski definition) is 4. The minimum atomic E-state index is -3.67. The van der Waals surface area contributed by atoms with Crippen LogP contribution in [0.3, 0.4) is 0 Å². The quantitative estimate of drug-likeness (QED) is 0.217.